The maximum absolute atomic E-state index is 2.57. The molecule has 0 saturated heterocycles. The summed E-state index contributed by atoms with van der Waals surface area (Å²) in [6, 6.07) is 0. The smallest absolute Gasteiger partial charge is 0.0654 e. The third-order valence-corrected chi connectivity index (χ3v) is 2.81. The molecular weight excluding hydrogens is 156 g/mol. The van der Waals surface area contributed by atoms with Crippen LogP contribution in [0.25, 0.3) is 0 Å². The van der Waals surface area contributed by atoms with E-state index in [2.05, 4.69) is 24.6 Å². The molecular formula is C10H22Cl+. The molecule has 0 nitrogen and oxygen atoms in total. The summed E-state index contributed by atoms with van der Waals surface area (Å²) in [6.45, 7) is 4.52. The first-order chi connectivity index (χ1) is 5.41. The van der Waals surface area contributed by atoms with Gasteiger partial charge in [0.25, 0.3) is 0 Å². The van der Waals surface area contributed by atoms with Crippen molar-refractivity contribution in [2.24, 2.45) is 0 Å². The maximum Gasteiger partial charge on any atom is 0.172 e. The van der Waals surface area contributed by atoms with Gasteiger partial charge in [-0.05, 0) is 12.8 Å². The Balaban J connectivity index is 2.69. The Hall–Kier alpha value is 0.290. The van der Waals surface area contributed by atoms with Gasteiger partial charge in [-0.25, -0.2) is 0 Å². The molecule has 0 N–H and O–H groups in total. The Bertz CT molecular complexity index is 53.9. The number of hydrogen-bond acceptors (Lipinski definition) is 0. The molecule has 0 aliphatic carbocycles. The van der Waals surface area contributed by atoms with E-state index in [1.54, 1.807) is 0 Å². The minimum absolute atomic E-state index is 1.33. The van der Waals surface area contributed by atoms with Crippen molar-refractivity contribution < 1.29 is 10.8 Å². The zero-order valence-electron chi connectivity index (χ0n) is 8.03. The van der Waals surface area contributed by atoms with Crippen LogP contribution in [-0.4, -0.2) is 11.8 Å². The summed E-state index contributed by atoms with van der Waals surface area (Å²) in [5.41, 5.74) is 0. The van der Waals surface area contributed by atoms with Crippen molar-refractivity contribution in [1.82, 2.24) is 0 Å². The normalized spacial score (nSPS) is 10.4. The highest BCUT2D eigenvalue weighted by Crippen LogP contribution is 1.98. The highest BCUT2D eigenvalue weighted by molar-refractivity contribution is 4.34. The van der Waals surface area contributed by atoms with Crippen molar-refractivity contribution in [3.63, 3.8) is 0 Å². The van der Waals surface area contributed by atoms with E-state index in [1.165, 1.54) is 50.3 Å². The molecule has 0 unspecified atom stereocenters. The summed E-state index contributed by atoms with van der Waals surface area (Å²) in [6.07, 6.45) is 8.30. The highest BCUT2D eigenvalue weighted by atomic mass is 35.5. The number of alkyl halides is 2. The molecule has 0 bridgehead atoms. The standard InChI is InChI=1S/C10H22Cl/c1-3-5-7-9-11-10-8-6-4-2/h3-10H2,1-2H3/q+1. The quantitative estimate of drug-likeness (QED) is 0.394. The van der Waals surface area contributed by atoms with Crippen LogP contribution in [0.15, 0.2) is 0 Å². The Morgan fingerprint density at radius 3 is 1.55 bits per heavy atom. The monoisotopic (exact) mass is 177 g/mol. The predicted molar refractivity (Wildman–Crippen MR) is 48.8 cm³/mol. The van der Waals surface area contributed by atoms with Crippen LogP contribution in [0.5, 0.6) is 0 Å². The Morgan fingerprint density at radius 1 is 0.727 bits per heavy atom. The second-order valence-corrected chi connectivity index (χ2v) is 4.12. The zero-order chi connectivity index (χ0) is 8.36. The van der Waals surface area contributed by atoms with Crippen LogP contribution in [0.3, 0.4) is 0 Å². The lowest BCUT2D eigenvalue weighted by Gasteiger charge is -1.88. The van der Waals surface area contributed by atoms with Gasteiger partial charge in [-0.15, -0.1) is 0 Å². The molecule has 1 heteroatoms. The van der Waals surface area contributed by atoms with E-state index in [0.29, 0.717) is 0 Å². The summed E-state index contributed by atoms with van der Waals surface area (Å²) in [5.74, 6) is 2.66. The topological polar surface area (TPSA) is 0 Å². The minimum atomic E-state index is 1.33. The molecule has 0 aliphatic heterocycles. The first-order valence-corrected chi connectivity index (χ1v) is 6.02. The highest BCUT2D eigenvalue weighted by Gasteiger charge is 2.01. The van der Waals surface area contributed by atoms with Gasteiger partial charge in [0, 0.05) is 12.8 Å². The van der Waals surface area contributed by atoms with E-state index < -0.39 is 0 Å². The molecule has 68 valence electrons. The van der Waals surface area contributed by atoms with Crippen molar-refractivity contribution in [3.8, 4) is 0 Å². The summed E-state index contributed by atoms with van der Waals surface area (Å²) < 4.78 is 0. The lowest BCUT2D eigenvalue weighted by Crippen LogP contribution is -1.94. The fourth-order valence-electron chi connectivity index (χ4n) is 0.972. The molecule has 0 aromatic carbocycles. The van der Waals surface area contributed by atoms with Gasteiger partial charge in [0.1, 0.15) is 10.8 Å². The number of rotatable bonds is 8. The van der Waals surface area contributed by atoms with E-state index >= 15 is 0 Å². The molecule has 0 aliphatic rings. The fourth-order valence-corrected chi connectivity index (χ4v) is 1.92. The summed E-state index contributed by atoms with van der Waals surface area (Å²) in [5, 5.41) is 0. The molecule has 0 fully saturated rings. The van der Waals surface area contributed by atoms with Crippen LogP contribution in [0.2, 0.25) is 0 Å². The maximum atomic E-state index is 2.57. The van der Waals surface area contributed by atoms with Crippen molar-refractivity contribution in [1.29, 1.82) is 0 Å². The van der Waals surface area contributed by atoms with E-state index in [4.69, 9.17) is 0 Å². The molecule has 0 spiro atoms. The van der Waals surface area contributed by atoms with Crippen LogP contribution in [0, 0.1) is 10.8 Å². The van der Waals surface area contributed by atoms with Crippen molar-refractivity contribution in [3.05, 3.63) is 0 Å². The molecule has 0 amide bonds. The van der Waals surface area contributed by atoms with Gasteiger partial charge in [0.05, 0.1) is 0 Å². The molecule has 0 rings (SSSR count). The van der Waals surface area contributed by atoms with Gasteiger partial charge in [0.2, 0.25) is 0 Å². The average molecular weight is 178 g/mol. The first kappa shape index (κ1) is 11.3. The van der Waals surface area contributed by atoms with Gasteiger partial charge in [-0.3, -0.25) is 0 Å². The number of halogens is 1. The minimum Gasteiger partial charge on any atom is -0.0654 e. The lowest BCUT2D eigenvalue weighted by atomic mass is 10.3. The molecule has 0 aromatic heterocycles. The van der Waals surface area contributed by atoms with E-state index in [1.807, 2.05) is 0 Å². The Labute approximate surface area is 75.5 Å². The van der Waals surface area contributed by atoms with Crippen molar-refractivity contribution in [2.45, 2.75) is 52.4 Å². The molecule has 0 radical (unpaired) electrons. The van der Waals surface area contributed by atoms with Crippen LogP contribution in [-0.2, 0) is 0 Å². The zero-order valence-corrected chi connectivity index (χ0v) is 8.79. The third kappa shape index (κ3) is 10.3. The van der Waals surface area contributed by atoms with Crippen LogP contribution in [0.1, 0.15) is 52.4 Å². The average Bonchev–Trinajstić information content (AvgIpc) is 2.03. The number of unbranched alkanes of at least 4 members (excludes halogenated alkanes) is 4. The van der Waals surface area contributed by atoms with Crippen LogP contribution in [0.4, 0.5) is 0 Å². The lowest BCUT2D eigenvalue weighted by molar-refractivity contribution is -0.655. The second-order valence-electron chi connectivity index (χ2n) is 2.98. The van der Waals surface area contributed by atoms with E-state index in [0.717, 1.165) is 0 Å². The molecule has 11 heavy (non-hydrogen) atoms. The van der Waals surface area contributed by atoms with Gasteiger partial charge >= 0.3 is 0 Å². The number of hydrogen-bond donors (Lipinski definition) is 0. The van der Waals surface area contributed by atoms with Crippen LogP contribution >= 0.6 is 0 Å². The van der Waals surface area contributed by atoms with Crippen LogP contribution < -0.4 is 0 Å². The van der Waals surface area contributed by atoms with E-state index in [-0.39, 0.29) is 0 Å². The molecule has 0 atom stereocenters. The summed E-state index contributed by atoms with van der Waals surface area (Å²) in [4.78, 5) is 0. The Kier molecular flexibility index (Phi) is 10.6. The third-order valence-electron chi connectivity index (χ3n) is 1.74. The Morgan fingerprint density at radius 2 is 1.18 bits per heavy atom. The molecule has 0 heterocycles. The first-order valence-electron chi connectivity index (χ1n) is 4.95. The summed E-state index contributed by atoms with van der Waals surface area (Å²) >= 11 is 0. The molecule has 0 aromatic rings. The van der Waals surface area contributed by atoms with Gasteiger partial charge < -0.3 is 0 Å². The van der Waals surface area contributed by atoms with Gasteiger partial charge in [-0.1, -0.05) is 26.7 Å². The molecule has 0 saturated carbocycles. The fraction of sp³-hybridized carbons (Fsp3) is 1.00. The van der Waals surface area contributed by atoms with Gasteiger partial charge in [-0.2, -0.15) is 0 Å². The summed E-state index contributed by atoms with van der Waals surface area (Å²) in [7, 11) is 2.57. The SMILES string of the molecule is CCCCC[Cl+]CCCCC. The second kappa shape index (κ2) is 10.3. The van der Waals surface area contributed by atoms with Crippen molar-refractivity contribution >= 4 is 0 Å². The van der Waals surface area contributed by atoms with E-state index in [9.17, 15) is 0 Å². The largest absolute Gasteiger partial charge is 0.172 e. The van der Waals surface area contributed by atoms with Crippen molar-refractivity contribution in [2.75, 3.05) is 11.8 Å². The van der Waals surface area contributed by atoms with Gasteiger partial charge in [0.15, 0.2) is 11.8 Å². The predicted octanol–water partition coefficient (Wildman–Crippen LogP) is 3.45.